The van der Waals surface area contributed by atoms with Crippen LogP contribution in [0, 0.1) is 11.8 Å². The number of nitrogens with one attached hydrogen (secondary N) is 2. The molecule has 3 fully saturated rings. The van der Waals surface area contributed by atoms with Crippen LogP contribution in [0.3, 0.4) is 0 Å². The molecule has 5 amide bonds. The van der Waals surface area contributed by atoms with Crippen molar-refractivity contribution in [2.45, 2.75) is 51.0 Å². The number of carbonyl (C=O) groups is 4. The van der Waals surface area contributed by atoms with Crippen molar-refractivity contribution in [3.63, 3.8) is 0 Å². The quantitative estimate of drug-likeness (QED) is 0.711. The Morgan fingerprint density at radius 3 is 2.50 bits per heavy atom. The van der Waals surface area contributed by atoms with Crippen LogP contribution in [0.25, 0.3) is 0 Å². The summed E-state index contributed by atoms with van der Waals surface area (Å²) in [5.41, 5.74) is -0.832. The van der Waals surface area contributed by atoms with Crippen LogP contribution in [-0.2, 0) is 14.4 Å². The average molecular weight is 364 g/mol. The highest BCUT2D eigenvalue weighted by Gasteiger charge is 2.55. The van der Waals surface area contributed by atoms with E-state index in [9.17, 15) is 19.2 Å². The topological polar surface area (TPSA) is 98.8 Å². The van der Waals surface area contributed by atoms with Gasteiger partial charge in [-0.3, -0.25) is 19.3 Å². The zero-order valence-corrected chi connectivity index (χ0v) is 15.5. The molecule has 2 unspecified atom stereocenters. The van der Waals surface area contributed by atoms with E-state index in [2.05, 4.69) is 10.6 Å². The molecule has 1 spiro atoms. The number of amides is 5. The summed E-state index contributed by atoms with van der Waals surface area (Å²) >= 11 is 0. The van der Waals surface area contributed by atoms with Crippen molar-refractivity contribution in [1.82, 2.24) is 20.4 Å². The van der Waals surface area contributed by atoms with Gasteiger partial charge in [0.15, 0.2) is 0 Å². The van der Waals surface area contributed by atoms with Gasteiger partial charge in [-0.2, -0.15) is 0 Å². The van der Waals surface area contributed by atoms with E-state index in [4.69, 9.17) is 0 Å². The first-order valence-corrected chi connectivity index (χ1v) is 9.52. The summed E-state index contributed by atoms with van der Waals surface area (Å²) in [6.07, 6.45) is 4.72. The Bertz CT molecular complexity index is 614. The van der Waals surface area contributed by atoms with Crippen LogP contribution >= 0.6 is 0 Å². The molecule has 0 radical (unpaired) electrons. The van der Waals surface area contributed by atoms with E-state index in [0.717, 1.165) is 24.2 Å². The Hall–Kier alpha value is -2.12. The molecule has 0 aromatic rings. The zero-order chi connectivity index (χ0) is 18.9. The smallest absolute Gasteiger partial charge is 0.325 e. The minimum absolute atomic E-state index is 0.000532. The Labute approximate surface area is 153 Å². The van der Waals surface area contributed by atoms with Gasteiger partial charge in [0.2, 0.25) is 11.8 Å². The van der Waals surface area contributed by atoms with Crippen LogP contribution in [0.1, 0.15) is 45.4 Å². The van der Waals surface area contributed by atoms with Gasteiger partial charge in [0, 0.05) is 26.1 Å². The van der Waals surface area contributed by atoms with E-state index in [1.165, 1.54) is 0 Å². The molecule has 2 aliphatic heterocycles. The SMILES string of the molecule is CNC(=O)C1CCN(C(=O)CN2C(=O)NC3(CCCCC3C)C2=O)CC1. The predicted octanol–water partition coefficient (Wildman–Crippen LogP) is 0.472. The van der Waals surface area contributed by atoms with Crippen LogP contribution < -0.4 is 10.6 Å². The Kier molecular flexibility index (Phi) is 5.20. The van der Waals surface area contributed by atoms with Gasteiger partial charge in [0.25, 0.3) is 5.91 Å². The third-order valence-corrected chi connectivity index (χ3v) is 6.26. The highest BCUT2D eigenvalue weighted by molar-refractivity contribution is 6.09. The van der Waals surface area contributed by atoms with E-state index in [1.54, 1.807) is 11.9 Å². The number of nitrogens with zero attached hydrogens (tertiary/aromatic N) is 2. The van der Waals surface area contributed by atoms with Gasteiger partial charge in [-0.1, -0.05) is 19.8 Å². The van der Waals surface area contributed by atoms with Crippen molar-refractivity contribution in [2.75, 3.05) is 26.7 Å². The van der Waals surface area contributed by atoms with Gasteiger partial charge in [0.1, 0.15) is 12.1 Å². The minimum Gasteiger partial charge on any atom is -0.359 e. The number of carbonyl (C=O) groups excluding carboxylic acids is 4. The monoisotopic (exact) mass is 364 g/mol. The first kappa shape index (κ1) is 18.7. The molecule has 144 valence electrons. The summed E-state index contributed by atoms with van der Waals surface area (Å²) in [5.74, 6) is -0.490. The molecule has 3 rings (SSSR count). The summed E-state index contributed by atoms with van der Waals surface area (Å²) in [6.45, 7) is 2.72. The van der Waals surface area contributed by atoms with E-state index >= 15 is 0 Å². The van der Waals surface area contributed by atoms with Crippen molar-refractivity contribution in [2.24, 2.45) is 11.8 Å². The lowest BCUT2D eigenvalue weighted by Crippen LogP contribution is -2.54. The number of hydrogen-bond acceptors (Lipinski definition) is 4. The number of piperidine rings is 1. The second kappa shape index (κ2) is 7.25. The van der Waals surface area contributed by atoms with Gasteiger partial charge in [0.05, 0.1) is 0 Å². The number of urea groups is 1. The van der Waals surface area contributed by atoms with Crippen LogP contribution in [0.2, 0.25) is 0 Å². The van der Waals surface area contributed by atoms with E-state index in [1.807, 2.05) is 6.92 Å². The average Bonchev–Trinajstić information content (AvgIpc) is 2.88. The number of rotatable bonds is 3. The molecular formula is C18H28N4O4. The molecule has 0 aromatic carbocycles. The van der Waals surface area contributed by atoms with Gasteiger partial charge in [-0.15, -0.1) is 0 Å². The highest BCUT2D eigenvalue weighted by Crippen LogP contribution is 2.38. The van der Waals surface area contributed by atoms with Crippen molar-refractivity contribution >= 4 is 23.8 Å². The van der Waals surface area contributed by atoms with Crippen LogP contribution in [-0.4, -0.2) is 65.8 Å². The standard InChI is InChI=1S/C18H28N4O4/c1-12-5-3-4-8-18(12)16(25)22(17(26)20-18)11-14(23)21-9-6-13(7-10-21)15(24)19-2/h12-13H,3-11H2,1-2H3,(H,19,24)(H,20,26). The molecule has 2 N–H and O–H groups in total. The lowest BCUT2D eigenvalue weighted by atomic mass is 9.73. The molecule has 3 aliphatic rings. The molecule has 26 heavy (non-hydrogen) atoms. The molecule has 2 atom stereocenters. The molecule has 2 saturated heterocycles. The van der Waals surface area contributed by atoms with Crippen molar-refractivity contribution in [3.05, 3.63) is 0 Å². The van der Waals surface area contributed by atoms with E-state index in [0.29, 0.717) is 32.4 Å². The maximum Gasteiger partial charge on any atom is 0.325 e. The first-order valence-electron chi connectivity index (χ1n) is 9.52. The minimum atomic E-state index is -0.832. The molecule has 1 aliphatic carbocycles. The molecular weight excluding hydrogens is 336 g/mol. The second-order valence-corrected chi connectivity index (χ2v) is 7.71. The number of hydrogen-bond donors (Lipinski definition) is 2. The van der Waals surface area contributed by atoms with Gasteiger partial charge < -0.3 is 15.5 Å². The normalized spacial score (nSPS) is 29.8. The maximum absolute atomic E-state index is 12.9. The zero-order valence-electron chi connectivity index (χ0n) is 15.5. The van der Waals surface area contributed by atoms with E-state index in [-0.39, 0.29) is 36.1 Å². The van der Waals surface area contributed by atoms with Crippen LogP contribution in [0.15, 0.2) is 0 Å². The van der Waals surface area contributed by atoms with Crippen LogP contribution in [0.4, 0.5) is 4.79 Å². The summed E-state index contributed by atoms with van der Waals surface area (Å²) in [5, 5.41) is 5.51. The summed E-state index contributed by atoms with van der Waals surface area (Å²) < 4.78 is 0. The van der Waals surface area contributed by atoms with Gasteiger partial charge in [-0.25, -0.2) is 4.79 Å². The number of likely N-dealkylation sites (tertiary alicyclic amines) is 1. The third kappa shape index (κ3) is 3.17. The highest BCUT2D eigenvalue weighted by atomic mass is 16.2. The maximum atomic E-state index is 12.9. The largest absolute Gasteiger partial charge is 0.359 e. The Morgan fingerprint density at radius 1 is 1.19 bits per heavy atom. The van der Waals surface area contributed by atoms with Crippen molar-refractivity contribution in [1.29, 1.82) is 0 Å². The molecule has 8 nitrogen and oxygen atoms in total. The van der Waals surface area contributed by atoms with Crippen LogP contribution in [0.5, 0.6) is 0 Å². The molecule has 0 bridgehead atoms. The lowest BCUT2D eigenvalue weighted by Gasteiger charge is -2.37. The Morgan fingerprint density at radius 2 is 1.88 bits per heavy atom. The fraction of sp³-hybridized carbons (Fsp3) is 0.778. The molecule has 1 saturated carbocycles. The molecule has 0 aromatic heterocycles. The first-order chi connectivity index (χ1) is 12.4. The summed E-state index contributed by atoms with van der Waals surface area (Å²) in [6, 6.07) is -0.461. The third-order valence-electron chi connectivity index (χ3n) is 6.26. The summed E-state index contributed by atoms with van der Waals surface area (Å²) in [7, 11) is 1.61. The van der Waals surface area contributed by atoms with Gasteiger partial charge in [-0.05, 0) is 31.6 Å². The fourth-order valence-corrected chi connectivity index (χ4v) is 4.47. The second-order valence-electron chi connectivity index (χ2n) is 7.71. The summed E-state index contributed by atoms with van der Waals surface area (Å²) in [4.78, 5) is 52.3. The Balaban J connectivity index is 1.60. The fourth-order valence-electron chi connectivity index (χ4n) is 4.47. The predicted molar refractivity (Wildman–Crippen MR) is 94.0 cm³/mol. The molecule has 2 heterocycles. The molecule has 8 heteroatoms. The van der Waals surface area contributed by atoms with Crippen molar-refractivity contribution in [3.8, 4) is 0 Å². The van der Waals surface area contributed by atoms with Crippen molar-refractivity contribution < 1.29 is 19.2 Å². The van der Waals surface area contributed by atoms with Gasteiger partial charge >= 0.3 is 6.03 Å². The van der Waals surface area contributed by atoms with E-state index < -0.39 is 11.6 Å². The number of imide groups is 1. The lowest BCUT2D eigenvalue weighted by molar-refractivity contribution is -0.141.